The van der Waals surface area contributed by atoms with Crippen LogP contribution in [0, 0.1) is 0 Å². The van der Waals surface area contributed by atoms with Crippen LogP contribution in [0.4, 0.5) is 5.69 Å². The molecule has 56 valence electrons. The molecule has 3 nitrogen and oxygen atoms in total. The summed E-state index contributed by atoms with van der Waals surface area (Å²) in [6.07, 6.45) is 0. The number of benzene rings is 1. The van der Waals surface area contributed by atoms with E-state index in [9.17, 15) is 4.79 Å². The molecule has 1 rings (SSSR count). The molecule has 0 unspecified atom stereocenters. The first-order valence-electron chi connectivity index (χ1n) is 2.79. The van der Waals surface area contributed by atoms with Crippen LogP contribution in [0.15, 0.2) is 24.3 Å². The number of carboxylic acid groups (broad SMARTS) is 1. The van der Waals surface area contributed by atoms with Crippen molar-refractivity contribution in [3.63, 3.8) is 0 Å². The monoisotopic (exact) mass is 345 g/mol. The van der Waals surface area contributed by atoms with Gasteiger partial charge in [-0.25, -0.2) is 4.79 Å². The van der Waals surface area contributed by atoms with Gasteiger partial charge in [0.15, 0.2) is 0 Å². The summed E-state index contributed by atoms with van der Waals surface area (Å²) < 4.78 is 0. The van der Waals surface area contributed by atoms with Gasteiger partial charge >= 0.3 is 5.97 Å². The first-order valence-corrected chi connectivity index (χ1v) is 2.79. The molecule has 0 spiro atoms. The van der Waals surface area contributed by atoms with Gasteiger partial charge in [-0.1, -0.05) is 12.1 Å². The van der Waals surface area contributed by atoms with Gasteiger partial charge in [0.25, 0.3) is 0 Å². The average Bonchev–Trinajstić information content (AvgIpc) is 1.88. The quantitative estimate of drug-likeness (QED) is 0.579. The Morgan fingerprint density at radius 1 is 1.36 bits per heavy atom. The topological polar surface area (TPSA) is 63.3 Å². The molecule has 0 aliphatic rings. The smallest absolute Gasteiger partial charge is 0.337 e. The van der Waals surface area contributed by atoms with E-state index in [1.54, 1.807) is 18.2 Å². The molecule has 0 heterocycles. The van der Waals surface area contributed by atoms with E-state index < -0.39 is 5.97 Å². The van der Waals surface area contributed by atoms with Crippen LogP contribution in [-0.4, -0.2) is 38.4 Å². The largest absolute Gasteiger partial charge is 0.478 e. The fourth-order valence-electron chi connectivity index (χ4n) is 0.692. The molecule has 0 bridgehead atoms. The van der Waals surface area contributed by atoms with Gasteiger partial charge in [-0.3, -0.25) is 0 Å². The molecule has 0 saturated heterocycles. The van der Waals surface area contributed by atoms with Gasteiger partial charge in [0.2, 0.25) is 0 Å². The Kier molecular flexibility index (Phi) is 4.09. The van der Waals surface area contributed by atoms with Crippen LogP contribution in [0.3, 0.4) is 0 Å². The minimum atomic E-state index is -0.988. The molecule has 0 aliphatic heterocycles. The molecule has 1 aromatic rings. The summed E-state index contributed by atoms with van der Waals surface area (Å²) >= 11 is 0. The second-order valence-corrected chi connectivity index (χ2v) is 1.89. The molecule has 11 heavy (non-hydrogen) atoms. The van der Waals surface area contributed by atoms with Crippen LogP contribution in [0.25, 0.3) is 0 Å². The van der Waals surface area contributed by atoms with Crippen molar-refractivity contribution < 1.29 is 9.90 Å². The zero-order chi connectivity index (χ0) is 7.56. The Bertz CT molecular complexity index is 262. The summed E-state index contributed by atoms with van der Waals surface area (Å²) in [7, 11) is 0. The first kappa shape index (κ1) is 10.4. The van der Waals surface area contributed by atoms with Gasteiger partial charge in [0.05, 0.1) is 5.56 Å². The summed E-state index contributed by atoms with van der Waals surface area (Å²) in [4.78, 5) is 10.3. The summed E-state index contributed by atoms with van der Waals surface area (Å²) in [6.45, 7) is 0. The molecule has 4 heteroatoms. The Morgan fingerprint density at radius 2 is 1.91 bits per heavy atom. The van der Waals surface area contributed by atoms with E-state index in [-0.39, 0.29) is 32.9 Å². The van der Waals surface area contributed by atoms with E-state index >= 15 is 0 Å². The molecule has 1 aromatic carbocycles. The zero-order valence-corrected chi connectivity index (χ0v) is 9.63. The molecule has 3 N–H and O–H groups in total. The second kappa shape index (κ2) is 4.32. The van der Waals surface area contributed by atoms with Crippen LogP contribution < -0.4 is 5.73 Å². The van der Waals surface area contributed by atoms with Crippen LogP contribution in [0.2, 0.25) is 0 Å². The number of hydrogen-bond donors (Lipinski definition) is 2. The van der Waals surface area contributed by atoms with E-state index in [2.05, 4.69) is 0 Å². The SMILES string of the molecule is Nc1ccccc1C(=O)O.[Pb]. The van der Waals surface area contributed by atoms with Crippen molar-refractivity contribution in [3.05, 3.63) is 29.8 Å². The summed E-state index contributed by atoms with van der Waals surface area (Å²) in [5, 5.41) is 8.49. The molecule has 0 aromatic heterocycles. The van der Waals surface area contributed by atoms with Gasteiger partial charge in [0, 0.05) is 33.0 Å². The van der Waals surface area contributed by atoms with E-state index in [1.165, 1.54) is 6.07 Å². The standard InChI is InChI=1S/C7H7NO2.Pb/c8-6-4-2-1-3-5(6)7(9)10;/h1-4H,8H2,(H,9,10);. The van der Waals surface area contributed by atoms with Gasteiger partial charge in [-0.15, -0.1) is 0 Å². The number of nitrogens with two attached hydrogens (primary N) is 1. The van der Waals surface area contributed by atoms with Gasteiger partial charge in [-0.2, -0.15) is 0 Å². The Balaban J connectivity index is 0.000001000. The third-order valence-electron chi connectivity index (χ3n) is 1.19. The molecular formula is C7H7NO2Pb. The van der Waals surface area contributed by atoms with Crippen LogP contribution >= 0.6 is 0 Å². The van der Waals surface area contributed by atoms with Gasteiger partial charge in [-0.05, 0) is 12.1 Å². The number of aromatic carboxylic acids is 1. The van der Waals surface area contributed by atoms with Crippen molar-refractivity contribution in [1.29, 1.82) is 0 Å². The summed E-state index contributed by atoms with van der Waals surface area (Å²) in [6, 6.07) is 6.36. The van der Waals surface area contributed by atoms with E-state index in [0.29, 0.717) is 5.69 Å². The number of para-hydroxylation sites is 1. The van der Waals surface area contributed by atoms with E-state index in [1.807, 2.05) is 0 Å². The van der Waals surface area contributed by atoms with Crippen molar-refractivity contribution in [3.8, 4) is 0 Å². The molecule has 0 amide bonds. The number of hydrogen-bond acceptors (Lipinski definition) is 2. The predicted octanol–water partition coefficient (Wildman–Crippen LogP) is 0.586. The third kappa shape index (κ3) is 2.49. The summed E-state index contributed by atoms with van der Waals surface area (Å²) in [5.74, 6) is -0.988. The number of carbonyl (C=O) groups is 1. The maximum Gasteiger partial charge on any atom is 0.337 e. The predicted molar refractivity (Wildman–Crippen MR) is 43.6 cm³/mol. The first-order chi connectivity index (χ1) is 4.72. The molecular weight excluding hydrogens is 337 g/mol. The fraction of sp³-hybridized carbons (Fsp3) is 0. The van der Waals surface area contributed by atoms with E-state index in [4.69, 9.17) is 10.8 Å². The normalized spacial score (nSPS) is 8.36. The maximum atomic E-state index is 10.3. The third-order valence-corrected chi connectivity index (χ3v) is 1.19. The molecule has 4 radical (unpaired) electrons. The number of nitrogen functional groups attached to an aromatic ring is 1. The van der Waals surface area contributed by atoms with Crippen LogP contribution in [0.1, 0.15) is 10.4 Å². The minimum Gasteiger partial charge on any atom is -0.478 e. The van der Waals surface area contributed by atoms with Crippen molar-refractivity contribution in [2.45, 2.75) is 0 Å². The molecule has 0 aliphatic carbocycles. The number of anilines is 1. The van der Waals surface area contributed by atoms with Gasteiger partial charge in [0.1, 0.15) is 0 Å². The zero-order valence-electron chi connectivity index (χ0n) is 5.74. The molecule has 0 saturated carbocycles. The van der Waals surface area contributed by atoms with Crippen LogP contribution in [-0.2, 0) is 0 Å². The Morgan fingerprint density at radius 3 is 2.27 bits per heavy atom. The van der Waals surface area contributed by atoms with Crippen molar-refractivity contribution >= 4 is 39.0 Å². The van der Waals surface area contributed by atoms with E-state index in [0.717, 1.165) is 0 Å². The maximum absolute atomic E-state index is 10.3. The molecule has 0 fully saturated rings. The van der Waals surface area contributed by atoms with Crippen molar-refractivity contribution in [1.82, 2.24) is 0 Å². The van der Waals surface area contributed by atoms with Crippen molar-refractivity contribution in [2.24, 2.45) is 0 Å². The summed E-state index contributed by atoms with van der Waals surface area (Å²) in [5.41, 5.74) is 5.80. The minimum absolute atomic E-state index is 0. The number of carboxylic acids is 1. The Hall–Kier alpha value is -0.588. The molecule has 0 atom stereocenters. The van der Waals surface area contributed by atoms with Gasteiger partial charge < -0.3 is 10.8 Å². The second-order valence-electron chi connectivity index (χ2n) is 1.89. The van der Waals surface area contributed by atoms with Crippen LogP contribution in [0.5, 0.6) is 0 Å². The number of rotatable bonds is 1. The Labute approximate surface area is 84.4 Å². The fourth-order valence-corrected chi connectivity index (χ4v) is 0.692. The average molecular weight is 344 g/mol. The van der Waals surface area contributed by atoms with Crippen molar-refractivity contribution in [2.75, 3.05) is 5.73 Å².